The predicted molar refractivity (Wildman–Crippen MR) is 143 cm³/mol. The van der Waals surface area contributed by atoms with Crippen LogP contribution in [0, 0.1) is 16.0 Å². The molecule has 1 aromatic carbocycles. The van der Waals surface area contributed by atoms with Crippen molar-refractivity contribution in [2.45, 2.75) is 77.0 Å². The summed E-state index contributed by atoms with van der Waals surface area (Å²) in [6.07, 6.45) is 0.523. The van der Waals surface area contributed by atoms with Crippen molar-refractivity contribution < 1.29 is 38.5 Å². The molecule has 2 fully saturated rings. The summed E-state index contributed by atoms with van der Waals surface area (Å²) in [5.41, 5.74) is -2.48. The number of Topliss-reactive ketones (excluding diaryl/α,β-unsaturated/α-hetero) is 2. The summed E-state index contributed by atoms with van der Waals surface area (Å²) in [7, 11) is 1.16. The zero-order chi connectivity index (χ0) is 30.6. The summed E-state index contributed by atoms with van der Waals surface area (Å²) >= 11 is 0. The first-order chi connectivity index (χ1) is 19.2. The van der Waals surface area contributed by atoms with Crippen LogP contribution in [0.5, 0.6) is 0 Å². The first kappa shape index (κ1) is 31.3. The molecule has 2 saturated heterocycles. The second-order valence-corrected chi connectivity index (χ2v) is 10.6. The Morgan fingerprint density at radius 2 is 1.76 bits per heavy atom. The fraction of sp³-hybridized carbons (Fsp3) is 0.556. The van der Waals surface area contributed by atoms with Gasteiger partial charge < -0.3 is 15.5 Å². The van der Waals surface area contributed by atoms with E-state index < -0.39 is 69.7 Å². The Labute approximate surface area is 236 Å². The van der Waals surface area contributed by atoms with Gasteiger partial charge in [0.2, 0.25) is 23.3 Å². The number of ketones is 2. The standard InChI is InChI=1S/C27H35N5O9/c1-15(2)22(23(35)17-9-6-7-10-18(17)32(39)40)29-24(36)19-11-8-14-30(19)25(37)16(3)28-26(38)27(4)20(33)12-13-21(34)31(27)41-5/h6-7,9-10,15-16,19,22H,8,11-14H2,1-5H3,(H,28,38)(H,29,36)/t16-,19-,22-,27+/m0/s1. The molecule has 0 radical (unpaired) electrons. The third-order valence-electron chi connectivity index (χ3n) is 7.54. The van der Waals surface area contributed by atoms with E-state index in [0.717, 1.165) is 7.11 Å². The number of nitro benzene ring substituents is 1. The van der Waals surface area contributed by atoms with Crippen LogP contribution in [0.25, 0.3) is 0 Å². The summed E-state index contributed by atoms with van der Waals surface area (Å²) in [5.74, 6) is -4.23. The minimum absolute atomic E-state index is 0.105. The van der Waals surface area contributed by atoms with Gasteiger partial charge in [0.25, 0.3) is 11.6 Å². The minimum atomic E-state index is -1.97. The number of nitro groups is 1. The van der Waals surface area contributed by atoms with Crippen molar-refractivity contribution in [2.24, 2.45) is 5.92 Å². The first-order valence-corrected chi connectivity index (χ1v) is 13.4. The van der Waals surface area contributed by atoms with Gasteiger partial charge in [0, 0.05) is 25.5 Å². The maximum atomic E-state index is 13.4. The van der Waals surface area contributed by atoms with Crippen molar-refractivity contribution in [3.05, 3.63) is 39.9 Å². The number of rotatable bonds is 10. The molecule has 4 amide bonds. The molecule has 4 atom stereocenters. The van der Waals surface area contributed by atoms with E-state index in [2.05, 4.69) is 10.6 Å². The van der Waals surface area contributed by atoms with Gasteiger partial charge in [-0.05, 0) is 38.7 Å². The van der Waals surface area contributed by atoms with E-state index in [9.17, 15) is 38.9 Å². The Bertz CT molecular complexity index is 1270. The molecular formula is C27H35N5O9. The molecule has 1 aromatic rings. The zero-order valence-corrected chi connectivity index (χ0v) is 23.7. The van der Waals surface area contributed by atoms with E-state index in [-0.39, 0.29) is 30.6 Å². The van der Waals surface area contributed by atoms with Crippen LogP contribution in [-0.2, 0) is 28.8 Å². The van der Waals surface area contributed by atoms with E-state index >= 15 is 0 Å². The predicted octanol–water partition coefficient (Wildman–Crippen LogP) is 0.926. The molecule has 0 bridgehead atoms. The number of nitrogens with zero attached hydrogens (tertiary/aromatic N) is 3. The molecule has 2 aliphatic heterocycles. The summed E-state index contributed by atoms with van der Waals surface area (Å²) in [4.78, 5) is 95.1. The van der Waals surface area contributed by atoms with Crippen LogP contribution in [0.2, 0.25) is 0 Å². The van der Waals surface area contributed by atoms with Crippen LogP contribution in [0.3, 0.4) is 0 Å². The molecule has 0 saturated carbocycles. The van der Waals surface area contributed by atoms with Crippen molar-refractivity contribution in [3.8, 4) is 0 Å². The average Bonchev–Trinajstić information content (AvgIpc) is 3.43. The van der Waals surface area contributed by atoms with Gasteiger partial charge in [-0.2, -0.15) is 5.06 Å². The second kappa shape index (κ2) is 12.5. The molecule has 41 heavy (non-hydrogen) atoms. The number of carbonyl (C=O) groups is 6. The number of hydroxylamine groups is 2. The number of likely N-dealkylation sites (tertiary alicyclic amines) is 1. The van der Waals surface area contributed by atoms with Crippen LogP contribution in [-0.4, -0.2) is 87.4 Å². The number of amides is 4. The molecule has 2 heterocycles. The summed E-state index contributed by atoms with van der Waals surface area (Å²) < 4.78 is 0. The molecule has 2 N–H and O–H groups in total. The monoisotopic (exact) mass is 573 g/mol. The number of para-hydroxylation sites is 1. The Morgan fingerprint density at radius 3 is 2.37 bits per heavy atom. The highest BCUT2D eigenvalue weighted by Crippen LogP contribution is 2.27. The SMILES string of the molecule is CON1C(=O)CCC(=O)[C@]1(C)C(=O)N[C@@H](C)C(=O)N1CCC[C@H]1C(=O)N[C@H](C(=O)c1ccccc1[N+](=O)[O-])C(C)C. The molecule has 222 valence electrons. The molecule has 2 aliphatic rings. The van der Waals surface area contributed by atoms with Crippen LogP contribution < -0.4 is 10.6 Å². The van der Waals surface area contributed by atoms with E-state index in [1.807, 2.05) is 0 Å². The Morgan fingerprint density at radius 1 is 1.10 bits per heavy atom. The lowest BCUT2D eigenvalue weighted by atomic mass is 9.87. The largest absolute Gasteiger partial charge is 0.344 e. The fourth-order valence-electron chi connectivity index (χ4n) is 5.18. The minimum Gasteiger partial charge on any atom is -0.344 e. The maximum absolute atomic E-state index is 13.4. The molecule has 0 unspecified atom stereocenters. The molecule has 0 aliphatic carbocycles. The summed E-state index contributed by atoms with van der Waals surface area (Å²) in [6.45, 7) is 6.23. The lowest BCUT2D eigenvalue weighted by Gasteiger charge is -2.40. The van der Waals surface area contributed by atoms with Gasteiger partial charge >= 0.3 is 0 Å². The van der Waals surface area contributed by atoms with Gasteiger partial charge in [-0.1, -0.05) is 26.0 Å². The van der Waals surface area contributed by atoms with Crippen LogP contribution in [0.1, 0.15) is 63.7 Å². The molecule has 0 aromatic heterocycles. The lowest BCUT2D eigenvalue weighted by Crippen LogP contribution is -2.67. The van der Waals surface area contributed by atoms with Crippen molar-refractivity contribution >= 4 is 40.9 Å². The number of nitrogens with one attached hydrogen (secondary N) is 2. The van der Waals surface area contributed by atoms with Crippen LogP contribution >= 0.6 is 0 Å². The number of benzene rings is 1. The third-order valence-corrected chi connectivity index (χ3v) is 7.54. The van der Waals surface area contributed by atoms with E-state index in [4.69, 9.17) is 4.84 Å². The second-order valence-electron chi connectivity index (χ2n) is 10.6. The maximum Gasteiger partial charge on any atom is 0.280 e. The molecule has 14 heteroatoms. The number of hydrogen-bond acceptors (Lipinski definition) is 9. The van der Waals surface area contributed by atoms with Crippen molar-refractivity contribution in [1.29, 1.82) is 0 Å². The van der Waals surface area contributed by atoms with Gasteiger partial charge in [0.15, 0.2) is 11.6 Å². The highest BCUT2D eigenvalue weighted by Gasteiger charge is 2.53. The van der Waals surface area contributed by atoms with Crippen molar-refractivity contribution in [1.82, 2.24) is 20.6 Å². The molecule has 3 rings (SSSR count). The lowest BCUT2D eigenvalue weighted by molar-refractivity contribution is -0.385. The highest BCUT2D eigenvalue weighted by molar-refractivity contribution is 6.15. The van der Waals surface area contributed by atoms with Gasteiger partial charge in [0.1, 0.15) is 12.1 Å². The van der Waals surface area contributed by atoms with E-state index in [1.54, 1.807) is 13.8 Å². The third kappa shape index (κ3) is 6.11. The summed E-state index contributed by atoms with van der Waals surface area (Å²) in [6, 6.07) is 2.27. The van der Waals surface area contributed by atoms with E-state index in [0.29, 0.717) is 17.9 Å². The topological polar surface area (TPSA) is 185 Å². The quantitative estimate of drug-likeness (QED) is 0.178. The van der Waals surface area contributed by atoms with Gasteiger partial charge in [0.05, 0.1) is 23.6 Å². The van der Waals surface area contributed by atoms with E-state index in [1.165, 1.54) is 43.0 Å². The van der Waals surface area contributed by atoms with Crippen LogP contribution in [0.15, 0.2) is 24.3 Å². The number of piperidine rings is 1. The average molecular weight is 574 g/mol. The Kier molecular flexibility index (Phi) is 9.58. The molecule has 0 spiro atoms. The van der Waals surface area contributed by atoms with Crippen molar-refractivity contribution in [2.75, 3.05) is 13.7 Å². The normalized spacial score (nSPS) is 22.3. The first-order valence-electron chi connectivity index (χ1n) is 13.4. The highest BCUT2D eigenvalue weighted by atomic mass is 16.7. The van der Waals surface area contributed by atoms with Gasteiger partial charge in [-0.3, -0.25) is 43.7 Å². The molecular weight excluding hydrogens is 538 g/mol. The zero-order valence-electron chi connectivity index (χ0n) is 23.7. The van der Waals surface area contributed by atoms with Gasteiger partial charge in [-0.25, -0.2) is 0 Å². The Balaban J connectivity index is 1.74. The van der Waals surface area contributed by atoms with Crippen molar-refractivity contribution in [3.63, 3.8) is 0 Å². The molecule has 14 nitrogen and oxygen atoms in total. The number of hydrogen-bond donors (Lipinski definition) is 2. The summed E-state index contributed by atoms with van der Waals surface area (Å²) in [5, 5.41) is 17.3. The van der Waals surface area contributed by atoms with Crippen LogP contribution in [0.4, 0.5) is 5.69 Å². The fourth-order valence-corrected chi connectivity index (χ4v) is 5.18. The number of carbonyl (C=O) groups excluding carboxylic acids is 6. The smallest absolute Gasteiger partial charge is 0.280 e. The van der Waals surface area contributed by atoms with Gasteiger partial charge in [-0.15, -0.1) is 0 Å². The Hall–Kier alpha value is -4.20.